The van der Waals surface area contributed by atoms with E-state index in [1.54, 1.807) is 0 Å². The van der Waals surface area contributed by atoms with Crippen LogP contribution in [0.2, 0.25) is 0 Å². The van der Waals surface area contributed by atoms with Crippen molar-refractivity contribution in [3.05, 3.63) is 0 Å². The molecule has 0 amide bonds. The molecule has 0 aromatic rings. The quantitative estimate of drug-likeness (QED) is 0.159. The molecule has 0 aliphatic rings. The van der Waals surface area contributed by atoms with Crippen molar-refractivity contribution in [2.24, 2.45) is 11.8 Å². The first-order chi connectivity index (χ1) is 13.7. The second kappa shape index (κ2) is 14.4. The molecule has 0 heterocycles. The highest BCUT2D eigenvalue weighted by molar-refractivity contribution is 4.69. The highest BCUT2D eigenvalue weighted by Crippen LogP contribution is 2.35. The van der Waals surface area contributed by atoms with E-state index >= 15 is 0 Å². The zero-order chi connectivity index (χ0) is 23.3. The fourth-order valence-corrected chi connectivity index (χ4v) is 3.63. The summed E-state index contributed by atoms with van der Waals surface area (Å²) in [6.07, 6.45) is -8.69. The summed E-state index contributed by atoms with van der Waals surface area (Å²) in [7, 11) is 0. The third kappa shape index (κ3) is 19.3. The van der Waals surface area contributed by atoms with Crippen molar-refractivity contribution >= 4 is 0 Å². The van der Waals surface area contributed by atoms with Gasteiger partial charge in [0.1, 0.15) is 0 Å². The summed E-state index contributed by atoms with van der Waals surface area (Å²) in [5.74, 6) is -2.00. The van der Waals surface area contributed by atoms with Gasteiger partial charge in [-0.1, -0.05) is 71.1 Å². The summed E-state index contributed by atoms with van der Waals surface area (Å²) in [6, 6.07) is 0. The van der Waals surface area contributed by atoms with Crippen LogP contribution in [0, 0.1) is 11.8 Å². The molecule has 0 rings (SSSR count). The molecule has 0 aliphatic carbocycles. The number of hydrogen-bond acceptors (Lipinski definition) is 0. The molecule has 0 bridgehead atoms. The molecule has 0 aliphatic heterocycles. The molecular formula is C21H35F9. The summed E-state index contributed by atoms with van der Waals surface area (Å²) in [5, 5.41) is 0. The van der Waals surface area contributed by atoms with E-state index in [2.05, 4.69) is 0 Å². The molecule has 0 spiro atoms. The number of rotatable bonds is 16. The largest absolute Gasteiger partial charge is 0.391 e. The van der Waals surface area contributed by atoms with Gasteiger partial charge < -0.3 is 0 Å². The lowest BCUT2D eigenvalue weighted by atomic mass is 9.92. The minimum atomic E-state index is -4.30. The first-order valence-electron chi connectivity index (χ1n) is 10.9. The van der Waals surface area contributed by atoms with Crippen molar-refractivity contribution in [3.8, 4) is 0 Å². The summed E-state index contributed by atoms with van der Waals surface area (Å²) < 4.78 is 112. The molecule has 2 unspecified atom stereocenters. The fraction of sp³-hybridized carbons (Fsp3) is 1.00. The summed E-state index contributed by atoms with van der Waals surface area (Å²) in [5.41, 5.74) is 0. The van der Waals surface area contributed by atoms with Gasteiger partial charge in [0.15, 0.2) is 0 Å². The van der Waals surface area contributed by atoms with E-state index in [1.165, 1.54) is 6.92 Å². The zero-order valence-corrected chi connectivity index (χ0v) is 17.7. The Bertz CT molecular complexity index is 410. The minimum Gasteiger partial charge on any atom is -0.171 e. The van der Waals surface area contributed by atoms with Gasteiger partial charge in [-0.15, -0.1) is 0 Å². The Morgan fingerprint density at radius 3 is 1.33 bits per heavy atom. The maximum atomic E-state index is 13.1. The van der Waals surface area contributed by atoms with Crippen LogP contribution in [0.1, 0.15) is 103 Å². The zero-order valence-electron chi connectivity index (χ0n) is 17.7. The molecule has 0 aromatic carbocycles. The van der Waals surface area contributed by atoms with E-state index in [4.69, 9.17) is 0 Å². The van der Waals surface area contributed by atoms with E-state index in [1.807, 2.05) is 0 Å². The first-order valence-corrected chi connectivity index (χ1v) is 10.9. The second-order valence-corrected chi connectivity index (χ2v) is 8.43. The van der Waals surface area contributed by atoms with Gasteiger partial charge in [0.25, 0.3) is 0 Å². The number of unbranched alkanes of at least 4 members (excludes halogenated alkanes) is 8. The van der Waals surface area contributed by atoms with Gasteiger partial charge in [-0.2, -0.15) is 39.5 Å². The van der Waals surface area contributed by atoms with Crippen LogP contribution >= 0.6 is 0 Å². The summed E-state index contributed by atoms with van der Waals surface area (Å²) in [6.45, 7) is 1.46. The molecule has 0 N–H and O–H groups in total. The van der Waals surface area contributed by atoms with Gasteiger partial charge in [0.2, 0.25) is 0 Å². The van der Waals surface area contributed by atoms with E-state index in [9.17, 15) is 39.5 Å². The fourth-order valence-electron chi connectivity index (χ4n) is 3.63. The van der Waals surface area contributed by atoms with Gasteiger partial charge in [-0.25, -0.2) is 0 Å². The lowest BCUT2D eigenvalue weighted by Gasteiger charge is -2.20. The first kappa shape index (κ1) is 29.4. The smallest absolute Gasteiger partial charge is 0.171 e. The third-order valence-electron chi connectivity index (χ3n) is 5.31. The van der Waals surface area contributed by atoms with Crippen LogP contribution in [0.3, 0.4) is 0 Å². The molecule has 30 heavy (non-hydrogen) atoms. The maximum Gasteiger partial charge on any atom is 0.391 e. The maximum absolute atomic E-state index is 13.1. The molecule has 0 nitrogen and oxygen atoms in total. The molecule has 2 atom stereocenters. The van der Waals surface area contributed by atoms with Crippen LogP contribution in [-0.2, 0) is 0 Å². The highest BCUT2D eigenvalue weighted by atomic mass is 19.4. The summed E-state index contributed by atoms with van der Waals surface area (Å²) in [4.78, 5) is 0. The highest BCUT2D eigenvalue weighted by Gasteiger charge is 2.38. The molecule has 0 fully saturated rings. The van der Waals surface area contributed by atoms with Crippen molar-refractivity contribution < 1.29 is 39.5 Å². The van der Waals surface area contributed by atoms with Crippen molar-refractivity contribution in [1.29, 1.82) is 0 Å². The molecule has 0 radical (unpaired) electrons. The lowest BCUT2D eigenvalue weighted by Crippen LogP contribution is -2.23. The van der Waals surface area contributed by atoms with Crippen molar-refractivity contribution in [3.63, 3.8) is 0 Å². The number of halogens is 9. The Kier molecular flexibility index (Phi) is 14.1. The SMILES string of the molecule is CC(CCCCC(CCCCCCCCCCC(F)(F)F)C(F)(F)F)CC(F)(F)F. The Morgan fingerprint density at radius 1 is 0.500 bits per heavy atom. The van der Waals surface area contributed by atoms with Gasteiger partial charge in [-0.3, -0.25) is 0 Å². The van der Waals surface area contributed by atoms with Crippen LogP contribution in [0.4, 0.5) is 39.5 Å². The lowest BCUT2D eigenvalue weighted by molar-refractivity contribution is -0.178. The van der Waals surface area contributed by atoms with Gasteiger partial charge in [0, 0.05) is 12.8 Å². The van der Waals surface area contributed by atoms with Crippen molar-refractivity contribution in [2.45, 2.75) is 122 Å². The molecule has 9 heteroatoms. The van der Waals surface area contributed by atoms with Crippen LogP contribution in [-0.4, -0.2) is 18.5 Å². The second-order valence-electron chi connectivity index (χ2n) is 8.43. The van der Waals surface area contributed by atoms with Gasteiger partial charge in [0.05, 0.1) is 5.92 Å². The van der Waals surface area contributed by atoms with Crippen LogP contribution < -0.4 is 0 Å². The Balaban J connectivity index is 3.84. The average molecular weight is 458 g/mol. The van der Waals surface area contributed by atoms with E-state index in [0.29, 0.717) is 32.1 Å². The van der Waals surface area contributed by atoms with Crippen molar-refractivity contribution in [2.75, 3.05) is 0 Å². The molecule has 0 saturated carbocycles. The normalized spacial score (nSPS) is 15.4. The predicted octanol–water partition coefficient (Wildman–Crippen LogP) is 9.78. The van der Waals surface area contributed by atoms with Crippen molar-refractivity contribution in [1.82, 2.24) is 0 Å². The van der Waals surface area contributed by atoms with E-state index < -0.39 is 43.2 Å². The van der Waals surface area contributed by atoms with Gasteiger partial charge >= 0.3 is 18.5 Å². The average Bonchev–Trinajstić information content (AvgIpc) is 2.54. The molecule has 0 aromatic heterocycles. The van der Waals surface area contributed by atoms with Crippen LogP contribution in [0.5, 0.6) is 0 Å². The standard InChI is InChI=1S/C21H35F9/c1-17(16-20(25,26)27)12-9-10-14-18(21(28,29)30)13-8-6-4-2-3-5-7-11-15-19(22,23)24/h17-18H,2-16H2,1H3. The monoisotopic (exact) mass is 458 g/mol. The Labute approximate surface area is 174 Å². The Morgan fingerprint density at radius 2 is 0.900 bits per heavy atom. The molecule has 0 saturated heterocycles. The number of hydrogen-bond donors (Lipinski definition) is 0. The van der Waals surface area contributed by atoms with Crippen LogP contribution in [0.25, 0.3) is 0 Å². The minimum absolute atomic E-state index is 0.0210. The molecular weight excluding hydrogens is 423 g/mol. The van der Waals surface area contributed by atoms with Gasteiger partial charge in [-0.05, 0) is 25.2 Å². The van der Waals surface area contributed by atoms with Crippen LogP contribution in [0.15, 0.2) is 0 Å². The third-order valence-corrected chi connectivity index (χ3v) is 5.31. The topological polar surface area (TPSA) is 0 Å². The predicted molar refractivity (Wildman–Crippen MR) is 100 cm³/mol. The van der Waals surface area contributed by atoms with E-state index in [0.717, 1.165) is 19.3 Å². The summed E-state index contributed by atoms with van der Waals surface area (Å²) >= 11 is 0. The molecule has 182 valence electrons. The van der Waals surface area contributed by atoms with E-state index in [-0.39, 0.29) is 32.1 Å². The number of alkyl halides is 9. The Hall–Kier alpha value is -0.630.